The van der Waals surface area contributed by atoms with Gasteiger partial charge in [-0.05, 0) is 47.0 Å². The normalized spacial score (nSPS) is 20.2. The van der Waals surface area contributed by atoms with Gasteiger partial charge in [0, 0.05) is 22.9 Å². The van der Waals surface area contributed by atoms with E-state index in [4.69, 9.17) is 11.6 Å². The molecular weight excluding hydrogens is 333 g/mol. The Hall–Kier alpha value is -0.610. The molecule has 2 rings (SSSR count). The number of halogens is 3. The van der Waals surface area contributed by atoms with Crippen molar-refractivity contribution in [3.8, 4) is 0 Å². The van der Waals surface area contributed by atoms with Crippen LogP contribution in [0.15, 0.2) is 22.7 Å². The predicted octanol–water partition coefficient (Wildman–Crippen LogP) is 4.21. The molecule has 0 spiro atoms. The highest BCUT2D eigenvalue weighted by molar-refractivity contribution is 9.10. The van der Waals surface area contributed by atoms with Gasteiger partial charge in [0.2, 0.25) is 0 Å². The van der Waals surface area contributed by atoms with Gasteiger partial charge in [-0.3, -0.25) is 4.79 Å². The molecule has 1 aromatic carbocycles. The van der Waals surface area contributed by atoms with E-state index in [2.05, 4.69) is 15.9 Å². The second-order valence-corrected chi connectivity index (χ2v) is 5.94. The van der Waals surface area contributed by atoms with Gasteiger partial charge in [-0.25, -0.2) is 4.39 Å². The second kappa shape index (κ2) is 6.71. The number of carbonyl (C=O) groups excluding carboxylic acids is 1. The van der Waals surface area contributed by atoms with Gasteiger partial charge in [0.1, 0.15) is 5.82 Å². The van der Waals surface area contributed by atoms with Crippen molar-refractivity contribution < 1.29 is 9.18 Å². The van der Waals surface area contributed by atoms with Crippen molar-refractivity contribution in [3.63, 3.8) is 0 Å². The van der Waals surface area contributed by atoms with Gasteiger partial charge in [-0.15, -0.1) is 11.6 Å². The lowest BCUT2D eigenvalue weighted by Crippen LogP contribution is -2.41. The maximum Gasteiger partial charge on any atom is 0.255 e. The lowest BCUT2D eigenvalue weighted by atomic mass is 10.1. The van der Waals surface area contributed by atoms with Gasteiger partial charge in [-0.1, -0.05) is 12.8 Å². The number of hydrogen-bond acceptors (Lipinski definition) is 1. The first-order valence-electron chi connectivity index (χ1n) is 6.45. The summed E-state index contributed by atoms with van der Waals surface area (Å²) in [5.41, 5.74) is 0.499. The summed E-state index contributed by atoms with van der Waals surface area (Å²) >= 11 is 9.23. The topological polar surface area (TPSA) is 20.3 Å². The van der Waals surface area contributed by atoms with E-state index in [9.17, 15) is 9.18 Å². The van der Waals surface area contributed by atoms with Crippen LogP contribution >= 0.6 is 27.5 Å². The van der Waals surface area contributed by atoms with Gasteiger partial charge in [0.05, 0.1) is 5.56 Å². The summed E-state index contributed by atoms with van der Waals surface area (Å²) < 4.78 is 13.6. The number of alkyl halides is 1. The predicted molar refractivity (Wildman–Crippen MR) is 78.1 cm³/mol. The number of benzene rings is 1. The van der Waals surface area contributed by atoms with Gasteiger partial charge >= 0.3 is 0 Å². The lowest BCUT2D eigenvalue weighted by Gasteiger charge is -2.29. The molecule has 1 aromatic rings. The molecule has 0 radical (unpaired) electrons. The van der Waals surface area contributed by atoms with Gasteiger partial charge in [0.25, 0.3) is 5.91 Å². The zero-order valence-corrected chi connectivity index (χ0v) is 12.9. The molecule has 1 saturated heterocycles. The van der Waals surface area contributed by atoms with E-state index >= 15 is 0 Å². The number of likely N-dealkylation sites (tertiary alicyclic amines) is 1. The van der Waals surface area contributed by atoms with Crippen LogP contribution in [0.1, 0.15) is 36.0 Å². The fraction of sp³-hybridized carbons (Fsp3) is 0.500. The summed E-state index contributed by atoms with van der Waals surface area (Å²) in [5.74, 6) is 0.0255. The fourth-order valence-corrected chi connectivity index (χ4v) is 3.26. The molecule has 1 fully saturated rings. The zero-order chi connectivity index (χ0) is 13.8. The van der Waals surface area contributed by atoms with Crippen molar-refractivity contribution in [3.05, 3.63) is 34.1 Å². The van der Waals surface area contributed by atoms with E-state index in [0.717, 1.165) is 32.2 Å². The molecule has 0 aliphatic carbocycles. The molecular formula is C14H16BrClFNO. The van der Waals surface area contributed by atoms with Crippen LogP contribution in [-0.4, -0.2) is 29.3 Å². The van der Waals surface area contributed by atoms with E-state index < -0.39 is 0 Å². The molecule has 1 unspecified atom stereocenters. The SMILES string of the molecule is O=C(c1ccc(F)cc1Br)N1CCCCCC1CCl. The monoisotopic (exact) mass is 347 g/mol. The van der Waals surface area contributed by atoms with Crippen LogP contribution in [0, 0.1) is 5.82 Å². The molecule has 104 valence electrons. The van der Waals surface area contributed by atoms with Crippen molar-refractivity contribution in [2.24, 2.45) is 0 Å². The van der Waals surface area contributed by atoms with Crippen molar-refractivity contribution in [1.29, 1.82) is 0 Å². The minimum absolute atomic E-state index is 0.0700. The molecule has 0 aromatic heterocycles. The molecule has 1 aliphatic rings. The Balaban J connectivity index is 2.25. The van der Waals surface area contributed by atoms with Crippen LogP contribution in [0.2, 0.25) is 0 Å². The Morgan fingerprint density at radius 3 is 2.89 bits per heavy atom. The number of carbonyl (C=O) groups is 1. The Morgan fingerprint density at radius 2 is 2.21 bits per heavy atom. The van der Waals surface area contributed by atoms with E-state index in [1.807, 2.05) is 4.90 Å². The average Bonchev–Trinajstić information content (AvgIpc) is 2.63. The van der Waals surface area contributed by atoms with Gasteiger partial charge in [-0.2, -0.15) is 0 Å². The number of rotatable bonds is 2. The summed E-state index contributed by atoms with van der Waals surface area (Å²) in [7, 11) is 0. The molecule has 1 amide bonds. The van der Waals surface area contributed by atoms with Gasteiger partial charge in [0.15, 0.2) is 0 Å². The van der Waals surface area contributed by atoms with Crippen molar-refractivity contribution in [1.82, 2.24) is 4.90 Å². The summed E-state index contributed by atoms with van der Waals surface area (Å²) in [4.78, 5) is 14.4. The molecule has 5 heteroatoms. The largest absolute Gasteiger partial charge is 0.334 e. The Labute approximate surface area is 126 Å². The molecule has 1 aliphatic heterocycles. The number of hydrogen-bond donors (Lipinski definition) is 0. The smallest absolute Gasteiger partial charge is 0.255 e. The third kappa shape index (κ3) is 3.48. The average molecular weight is 349 g/mol. The molecule has 1 heterocycles. The van der Waals surface area contributed by atoms with Crippen LogP contribution in [-0.2, 0) is 0 Å². The quantitative estimate of drug-likeness (QED) is 0.733. The van der Waals surface area contributed by atoms with Crippen LogP contribution in [0.4, 0.5) is 4.39 Å². The Bertz CT molecular complexity index is 469. The molecule has 19 heavy (non-hydrogen) atoms. The third-order valence-corrected chi connectivity index (χ3v) is 4.49. The minimum Gasteiger partial charge on any atom is -0.334 e. The van der Waals surface area contributed by atoms with E-state index in [0.29, 0.717) is 15.9 Å². The fourth-order valence-electron chi connectivity index (χ4n) is 2.42. The van der Waals surface area contributed by atoms with Crippen molar-refractivity contribution in [2.45, 2.75) is 31.7 Å². The van der Waals surface area contributed by atoms with Crippen molar-refractivity contribution >= 4 is 33.4 Å². The molecule has 1 atom stereocenters. The van der Waals surface area contributed by atoms with Crippen molar-refractivity contribution in [2.75, 3.05) is 12.4 Å². The highest BCUT2D eigenvalue weighted by Gasteiger charge is 2.26. The molecule has 0 N–H and O–H groups in total. The molecule has 0 saturated carbocycles. The second-order valence-electron chi connectivity index (χ2n) is 4.78. The highest BCUT2D eigenvalue weighted by Crippen LogP contribution is 2.24. The van der Waals surface area contributed by atoms with Crippen LogP contribution in [0.25, 0.3) is 0 Å². The Kier molecular flexibility index (Phi) is 5.22. The molecule has 0 bridgehead atoms. The van der Waals surface area contributed by atoms with Crippen LogP contribution in [0.3, 0.4) is 0 Å². The van der Waals surface area contributed by atoms with Gasteiger partial charge < -0.3 is 4.90 Å². The highest BCUT2D eigenvalue weighted by atomic mass is 79.9. The zero-order valence-electron chi connectivity index (χ0n) is 10.5. The first-order chi connectivity index (χ1) is 9.13. The standard InChI is InChI=1S/C14H16BrClFNO/c15-13-8-10(17)5-6-12(13)14(19)18-7-3-1-2-4-11(18)9-16/h5-6,8,11H,1-4,7,9H2. The lowest BCUT2D eigenvalue weighted by molar-refractivity contribution is 0.0699. The van der Waals surface area contributed by atoms with E-state index in [-0.39, 0.29) is 17.8 Å². The first-order valence-corrected chi connectivity index (χ1v) is 7.78. The summed E-state index contributed by atoms with van der Waals surface area (Å²) in [6, 6.07) is 4.23. The van der Waals surface area contributed by atoms with E-state index in [1.54, 1.807) is 0 Å². The maximum atomic E-state index is 13.1. The first kappa shape index (κ1) is 14.8. The maximum absolute atomic E-state index is 13.1. The number of amides is 1. The van der Waals surface area contributed by atoms with E-state index in [1.165, 1.54) is 18.2 Å². The molecule has 2 nitrogen and oxygen atoms in total. The summed E-state index contributed by atoms with van der Waals surface area (Å²) in [6.07, 6.45) is 4.17. The third-order valence-electron chi connectivity index (χ3n) is 3.48. The van der Waals surface area contributed by atoms with Crippen LogP contribution in [0.5, 0.6) is 0 Å². The minimum atomic E-state index is -0.354. The van der Waals surface area contributed by atoms with Crippen LogP contribution < -0.4 is 0 Å². The number of nitrogens with zero attached hydrogens (tertiary/aromatic N) is 1. The summed E-state index contributed by atoms with van der Waals surface area (Å²) in [6.45, 7) is 0.722. The Morgan fingerprint density at radius 1 is 1.42 bits per heavy atom. The summed E-state index contributed by atoms with van der Waals surface area (Å²) in [5, 5.41) is 0.